The van der Waals surface area contributed by atoms with Gasteiger partial charge in [0.05, 0.1) is 6.42 Å². The van der Waals surface area contributed by atoms with Crippen molar-refractivity contribution < 1.29 is 9.90 Å². The van der Waals surface area contributed by atoms with E-state index in [2.05, 4.69) is 0 Å². The van der Waals surface area contributed by atoms with Gasteiger partial charge in [-0.3, -0.25) is 4.79 Å². The average molecular weight is 129 g/mol. The van der Waals surface area contributed by atoms with Crippen LogP contribution in [0.4, 0.5) is 0 Å². The molecule has 0 aliphatic carbocycles. The monoisotopic (exact) mass is 129 g/mol. The van der Waals surface area contributed by atoms with Crippen LogP contribution in [0.25, 0.3) is 0 Å². The summed E-state index contributed by atoms with van der Waals surface area (Å²) in [6.07, 6.45) is 3.41. The van der Waals surface area contributed by atoms with Gasteiger partial charge in [-0.15, -0.1) is 0 Å². The summed E-state index contributed by atoms with van der Waals surface area (Å²) >= 11 is 0. The van der Waals surface area contributed by atoms with Crippen LogP contribution in [0, 0.1) is 0 Å². The van der Waals surface area contributed by atoms with Gasteiger partial charge in [0, 0.05) is 14.1 Å². The Labute approximate surface area is 54.6 Å². The van der Waals surface area contributed by atoms with Gasteiger partial charge in [0.2, 0.25) is 0 Å². The SMILES string of the molecule is CN(C)C=CCC(=O)O. The highest BCUT2D eigenvalue weighted by Crippen LogP contribution is 1.83. The number of hydrogen-bond acceptors (Lipinski definition) is 2. The number of hydrogen-bond donors (Lipinski definition) is 1. The fraction of sp³-hybridized carbons (Fsp3) is 0.500. The smallest absolute Gasteiger partial charge is 0.307 e. The molecule has 0 aromatic carbocycles. The summed E-state index contributed by atoms with van der Waals surface area (Å²) in [6, 6.07) is 0. The Morgan fingerprint density at radius 2 is 2.22 bits per heavy atom. The first-order valence-corrected chi connectivity index (χ1v) is 2.68. The summed E-state index contributed by atoms with van der Waals surface area (Å²) in [5, 5.41) is 8.16. The van der Waals surface area contributed by atoms with Crippen LogP contribution in [0.5, 0.6) is 0 Å². The predicted octanol–water partition coefficient (Wildman–Crippen LogP) is 0.536. The van der Waals surface area contributed by atoms with Gasteiger partial charge in [-0.1, -0.05) is 6.08 Å². The van der Waals surface area contributed by atoms with Crippen molar-refractivity contribution in [3.63, 3.8) is 0 Å². The molecule has 0 aromatic rings. The Morgan fingerprint density at radius 1 is 1.67 bits per heavy atom. The van der Waals surface area contributed by atoms with Crippen LogP contribution in [0.15, 0.2) is 12.3 Å². The first-order valence-electron chi connectivity index (χ1n) is 2.68. The van der Waals surface area contributed by atoms with Crippen LogP contribution in [-0.4, -0.2) is 30.1 Å². The van der Waals surface area contributed by atoms with E-state index < -0.39 is 5.97 Å². The molecular weight excluding hydrogens is 118 g/mol. The van der Waals surface area contributed by atoms with Gasteiger partial charge in [0.25, 0.3) is 0 Å². The number of rotatable bonds is 3. The summed E-state index contributed by atoms with van der Waals surface area (Å²) in [4.78, 5) is 11.7. The van der Waals surface area contributed by atoms with Crippen molar-refractivity contribution in [2.24, 2.45) is 0 Å². The quantitative estimate of drug-likeness (QED) is 0.604. The molecule has 1 N–H and O–H groups in total. The van der Waals surface area contributed by atoms with Crippen molar-refractivity contribution in [1.29, 1.82) is 0 Å². The summed E-state index contributed by atoms with van der Waals surface area (Å²) in [5.74, 6) is -0.798. The highest BCUT2D eigenvalue weighted by atomic mass is 16.4. The van der Waals surface area contributed by atoms with Crippen molar-refractivity contribution in [3.05, 3.63) is 12.3 Å². The second-order valence-corrected chi connectivity index (χ2v) is 1.95. The van der Waals surface area contributed by atoms with Gasteiger partial charge in [-0.25, -0.2) is 0 Å². The largest absolute Gasteiger partial charge is 0.481 e. The summed E-state index contributed by atoms with van der Waals surface area (Å²) in [7, 11) is 3.69. The lowest BCUT2D eigenvalue weighted by Gasteiger charge is -2.01. The van der Waals surface area contributed by atoms with E-state index in [0.717, 1.165) is 0 Å². The summed E-state index contributed by atoms with van der Waals surface area (Å²) in [5.41, 5.74) is 0. The molecular formula is C6H11NO2. The van der Waals surface area contributed by atoms with Gasteiger partial charge in [0.15, 0.2) is 0 Å². The van der Waals surface area contributed by atoms with E-state index in [1.165, 1.54) is 0 Å². The molecule has 0 aromatic heterocycles. The highest BCUT2D eigenvalue weighted by molar-refractivity contribution is 5.68. The number of nitrogens with zero attached hydrogens (tertiary/aromatic N) is 1. The number of carbonyl (C=O) groups is 1. The Hall–Kier alpha value is -0.990. The van der Waals surface area contributed by atoms with Gasteiger partial charge in [0.1, 0.15) is 0 Å². The lowest BCUT2D eigenvalue weighted by atomic mass is 10.4. The minimum Gasteiger partial charge on any atom is -0.481 e. The first-order chi connectivity index (χ1) is 4.13. The average Bonchev–Trinajstić information content (AvgIpc) is 1.63. The van der Waals surface area contributed by atoms with Crippen molar-refractivity contribution in [2.45, 2.75) is 6.42 Å². The molecule has 0 bridgehead atoms. The van der Waals surface area contributed by atoms with Crippen LogP contribution in [0.2, 0.25) is 0 Å². The molecule has 0 heterocycles. The van der Waals surface area contributed by atoms with E-state index in [4.69, 9.17) is 5.11 Å². The van der Waals surface area contributed by atoms with Crippen LogP contribution < -0.4 is 0 Å². The topological polar surface area (TPSA) is 40.5 Å². The zero-order valence-corrected chi connectivity index (χ0v) is 5.66. The molecule has 0 unspecified atom stereocenters. The molecule has 0 aliphatic rings. The lowest BCUT2D eigenvalue weighted by molar-refractivity contribution is -0.136. The zero-order chi connectivity index (χ0) is 7.28. The molecule has 0 aliphatic heterocycles. The Kier molecular flexibility index (Phi) is 3.51. The van der Waals surface area contributed by atoms with Crippen molar-refractivity contribution in [2.75, 3.05) is 14.1 Å². The van der Waals surface area contributed by atoms with Gasteiger partial charge >= 0.3 is 5.97 Å². The number of carboxylic acids is 1. The molecule has 0 saturated heterocycles. The molecule has 0 saturated carbocycles. The predicted molar refractivity (Wildman–Crippen MR) is 35.1 cm³/mol. The van der Waals surface area contributed by atoms with E-state index in [1.807, 2.05) is 14.1 Å². The molecule has 0 spiro atoms. The fourth-order valence-corrected chi connectivity index (χ4v) is 0.364. The normalized spacial score (nSPS) is 10.0. The van der Waals surface area contributed by atoms with E-state index in [1.54, 1.807) is 17.2 Å². The zero-order valence-electron chi connectivity index (χ0n) is 5.66. The summed E-state index contributed by atoms with van der Waals surface area (Å²) < 4.78 is 0. The van der Waals surface area contributed by atoms with E-state index in [9.17, 15) is 4.79 Å². The second kappa shape index (κ2) is 3.95. The van der Waals surface area contributed by atoms with Crippen LogP contribution in [-0.2, 0) is 4.79 Å². The van der Waals surface area contributed by atoms with Gasteiger partial charge in [-0.2, -0.15) is 0 Å². The molecule has 0 radical (unpaired) electrons. The molecule has 9 heavy (non-hydrogen) atoms. The third-order valence-corrected chi connectivity index (χ3v) is 0.696. The maximum atomic E-state index is 9.91. The number of aliphatic carboxylic acids is 1. The molecule has 52 valence electrons. The molecule has 0 fully saturated rings. The molecule has 3 heteroatoms. The minimum absolute atomic E-state index is 0.0954. The molecule has 3 nitrogen and oxygen atoms in total. The Bertz CT molecular complexity index is 118. The first kappa shape index (κ1) is 8.01. The van der Waals surface area contributed by atoms with Crippen molar-refractivity contribution >= 4 is 5.97 Å². The summed E-state index contributed by atoms with van der Waals surface area (Å²) in [6.45, 7) is 0. The van der Waals surface area contributed by atoms with Crippen LogP contribution >= 0.6 is 0 Å². The Balaban J connectivity index is 3.36. The van der Waals surface area contributed by atoms with E-state index in [-0.39, 0.29) is 6.42 Å². The Morgan fingerprint density at radius 3 is 2.56 bits per heavy atom. The lowest BCUT2D eigenvalue weighted by Crippen LogP contribution is -2.00. The fourth-order valence-electron chi connectivity index (χ4n) is 0.364. The second-order valence-electron chi connectivity index (χ2n) is 1.95. The van der Waals surface area contributed by atoms with Crippen LogP contribution in [0.1, 0.15) is 6.42 Å². The highest BCUT2D eigenvalue weighted by Gasteiger charge is 1.87. The molecule has 0 atom stereocenters. The minimum atomic E-state index is -0.798. The van der Waals surface area contributed by atoms with Gasteiger partial charge < -0.3 is 10.0 Å². The van der Waals surface area contributed by atoms with E-state index in [0.29, 0.717) is 0 Å². The van der Waals surface area contributed by atoms with Crippen molar-refractivity contribution in [1.82, 2.24) is 4.90 Å². The standard InChI is InChI=1S/C6H11NO2/c1-7(2)5-3-4-6(8)9/h3,5H,4H2,1-2H3,(H,8,9). The van der Waals surface area contributed by atoms with Gasteiger partial charge in [-0.05, 0) is 6.20 Å². The molecule has 0 rings (SSSR count). The van der Waals surface area contributed by atoms with Crippen molar-refractivity contribution in [3.8, 4) is 0 Å². The van der Waals surface area contributed by atoms with Crippen LogP contribution in [0.3, 0.4) is 0 Å². The number of carboxylic acid groups (broad SMARTS) is 1. The maximum Gasteiger partial charge on any atom is 0.307 e. The third-order valence-electron chi connectivity index (χ3n) is 0.696. The third kappa shape index (κ3) is 7.01. The van der Waals surface area contributed by atoms with E-state index >= 15 is 0 Å². The molecule has 0 amide bonds. The maximum absolute atomic E-state index is 9.91.